The Morgan fingerprint density at radius 3 is 2.24 bits per heavy atom. The van der Waals surface area contributed by atoms with Gasteiger partial charge in [0.15, 0.2) is 0 Å². The summed E-state index contributed by atoms with van der Waals surface area (Å²) in [5.41, 5.74) is 0.0887. The third-order valence-corrected chi connectivity index (χ3v) is 7.73. The SMILES string of the molecule is COC[C@@H]1[C@H](COC)[C@H]2C[C@H]([Si](Cl)(Cl)Cl)[C@@H]1O2. The average molecular weight is 320 g/mol. The van der Waals surface area contributed by atoms with Crippen LogP contribution in [0.3, 0.4) is 0 Å². The lowest BCUT2D eigenvalue weighted by Crippen LogP contribution is -2.41. The molecule has 0 aromatic carbocycles. The molecule has 100 valence electrons. The summed E-state index contributed by atoms with van der Waals surface area (Å²) in [6.45, 7) is 1.32. The van der Waals surface area contributed by atoms with Crippen molar-refractivity contribution in [2.45, 2.75) is 24.2 Å². The maximum atomic E-state index is 6.14. The van der Waals surface area contributed by atoms with Crippen molar-refractivity contribution >= 4 is 39.2 Å². The smallest absolute Gasteiger partial charge is 0.346 e. The molecule has 2 heterocycles. The van der Waals surface area contributed by atoms with Crippen molar-refractivity contribution in [3.05, 3.63) is 0 Å². The Morgan fingerprint density at radius 1 is 1.12 bits per heavy atom. The van der Waals surface area contributed by atoms with Crippen LogP contribution in [0.25, 0.3) is 0 Å². The van der Waals surface area contributed by atoms with Crippen molar-refractivity contribution in [1.82, 2.24) is 0 Å². The van der Waals surface area contributed by atoms with Gasteiger partial charge in [-0.05, 0) is 6.42 Å². The van der Waals surface area contributed by atoms with Crippen LogP contribution in [0, 0.1) is 11.8 Å². The zero-order valence-corrected chi connectivity index (χ0v) is 13.1. The van der Waals surface area contributed by atoms with Gasteiger partial charge < -0.3 is 14.2 Å². The van der Waals surface area contributed by atoms with E-state index in [-0.39, 0.29) is 23.7 Å². The summed E-state index contributed by atoms with van der Waals surface area (Å²) in [7, 11) is 3.40. The van der Waals surface area contributed by atoms with Crippen molar-refractivity contribution in [3.8, 4) is 0 Å². The van der Waals surface area contributed by atoms with Crippen LogP contribution in [0.15, 0.2) is 0 Å². The van der Waals surface area contributed by atoms with E-state index in [1.54, 1.807) is 14.2 Å². The van der Waals surface area contributed by atoms with Crippen LogP contribution in [-0.4, -0.2) is 45.6 Å². The standard InChI is InChI=1S/C10H17Cl3O3Si/c1-14-4-6-7(5-15-2)10-9(17(11,12)13)3-8(6)16-10/h6-10H,3-5H2,1-2H3/t6-,7+,8+,9-,10+/m0/s1. The summed E-state index contributed by atoms with van der Waals surface area (Å²) >= 11 is 18.4. The molecule has 5 atom stereocenters. The van der Waals surface area contributed by atoms with Crippen LogP contribution in [-0.2, 0) is 14.2 Å². The van der Waals surface area contributed by atoms with Crippen LogP contribution >= 0.6 is 33.2 Å². The molecule has 2 saturated heterocycles. The van der Waals surface area contributed by atoms with Gasteiger partial charge in [-0.25, -0.2) is 0 Å². The summed E-state index contributed by atoms with van der Waals surface area (Å²) in [5, 5.41) is 0. The van der Waals surface area contributed by atoms with E-state index in [0.29, 0.717) is 19.1 Å². The summed E-state index contributed by atoms with van der Waals surface area (Å²) in [6.07, 6.45) is 1.04. The summed E-state index contributed by atoms with van der Waals surface area (Å²) in [6, 6.07) is -2.71. The van der Waals surface area contributed by atoms with E-state index < -0.39 is 6.00 Å². The molecule has 2 bridgehead atoms. The molecule has 0 amide bonds. The third kappa shape index (κ3) is 2.78. The number of methoxy groups -OCH3 is 2. The second-order valence-corrected chi connectivity index (χ2v) is 13.7. The Hall–Kier alpha value is 0.967. The van der Waals surface area contributed by atoms with Crippen LogP contribution < -0.4 is 0 Å². The fourth-order valence-corrected chi connectivity index (χ4v) is 6.20. The second-order valence-electron chi connectivity index (χ2n) is 4.76. The summed E-state index contributed by atoms with van der Waals surface area (Å²) in [4.78, 5) is 0. The van der Waals surface area contributed by atoms with Gasteiger partial charge in [-0.2, -0.15) is 0 Å². The van der Waals surface area contributed by atoms with E-state index in [0.717, 1.165) is 6.42 Å². The number of hydrogen-bond donors (Lipinski definition) is 0. The quantitative estimate of drug-likeness (QED) is 0.576. The van der Waals surface area contributed by atoms with Gasteiger partial charge >= 0.3 is 6.00 Å². The monoisotopic (exact) mass is 318 g/mol. The van der Waals surface area contributed by atoms with Crippen molar-refractivity contribution in [2.24, 2.45) is 11.8 Å². The van der Waals surface area contributed by atoms with Gasteiger partial charge in [-0.1, -0.05) is 0 Å². The molecule has 0 aromatic rings. The Balaban J connectivity index is 2.10. The van der Waals surface area contributed by atoms with Gasteiger partial charge in [-0.3, -0.25) is 0 Å². The molecule has 0 spiro atoms. The van der Waals surface area contributed by atoms with Gasteiger partial charge in [-0.15, -0.1) is 33.2 Å². The molecule has 2 aliphatic heterocycles. The molecule has 0 unspecified atom stereocenters. The highest BCUT2D eigenvalue weighted by Gasteiger charge is 2.60. The Bertz CT molecular complexity index is 274. The van der Waals surface area contributed by atoms with E-state index in [1.165, 1.54) is 0 Å². The molecule has 17 heavy (non-hydrogen) atoms. The van der Waals surface area contributed by atoms with Gasteiger partial charge in [0.25, 0.3) is 0 Å². The summed E-state index contributed by atoms with van der Waals surface area (Å²) < 4.78 is 16.5. The summed E-state index contributed by atoms with van der Waals surface area (Å²) in [5.74, 6) is 0.648. The van der Waals surface area contributed by atoms with Crippen molar-refractivity contribution in [1.29, 1.82) is 0 Å². The highest BCUT2D eigenvalue weighted by molar-refractivity contribution is 7.65. The highest BCUT2D eigenvalue weighted by Crippen LogP contribution is 2.56. The Kier molecular flexibility index (Phi) is 4.68. The second kappa shape index (κ2) is 5.53. The first-order valence-electron chi connectivity index (χ1n) is 5.69. The van der Waals surface area contributed by atoms with E-state index >= 15 is 0 Å². The third-order valence-electron chi connectivity index (χ3n) is 3.80. The van der Waals surface area contributed by atoms with Crippen molar-refractivity contribution in [2.75, 3.05) is 27.4 Å². The first kappa shape index (κ1) is 14.4. The number of fused-ring (bicyclic) bond motifs is 2. The molecule has 0 saturated carbocycles. The molecule has 0 radical (unpaired) electrons. The molecule has 0 N–H and O–H groups in total. The number of rotatable bonds is 5. The fourth-order valence-electron chi connectivity index (χ4n) is 3.09. The lowest BCUT2D eigenvalue weighted by Gasteiger charge is -2.34. The van der Waals surface area contributed by atoms with Gasteiger partial charge in [0.1, 0.15) is 0 Å². The van der Waals surface area contributed by atoms with Crippen LogP contribution in [0.2, 0.25) is 5.54 Å². The molecular formula is C10H17Cl3O3Si. The fraction of sp³-hybridized carbons (Fsp3) is 1.00. The Morgan fingerprint density at radius 2 is 1.71 bits per heavy atom. The number of ether oxygens (including phenoxy) is 3. The van der Waals surface area contributed by atoms with Crippen LogP contribution in [0.4, 0.5) is 0 Å². The number of hydrogen-bond acceptors (Lipinski definition) is 3. The average Bonchev–Trinajstić information content (AvgIpc) is 2.78. The maximum Gasteiger partial charge on any atom is 0.346 e. The molecule has 2 aliphatic rings. The van der Waals surface area contributed by atoms with Gasteiger partial charge in [0.2, 0.25) is 0 Å². The van der Waals surface area contributed by atoms with Gasteiger partial charge in [0.05, 0.1) is 25.4 Å². The minimum Gasteiger partial charge on any atom is -0.384 e. The lowest BCUT2D eigenvalue weighted by atomic mass is 9.80. The Labute approximate surface area is 117 Å². The highest BCUT2D eigenvalue weighted by atomic mass is 35.8. The number of halogens is 3. The molecule has 2 fully saturated rings. The maximum absolute atomic E-state index is 6.14. The van der Waals surface area contributed by atoms with E-state index in [1.807, 2.05) is 0 Å². The van der Waals surface area contributed by atoms with Gasteiger partial charge in [0, 0.05) is 31.6 Å². The van der Waals surface area contributed by atoms with E-state index in [4.69, 9.17) is 47.4 Å². The first-order chi connectivity index (χ1) is 7.99. The zero-order chi connectivity index (χ0) is 12.6. The molecule has 7 heteroatoms. The lowest BCUT2D eigenvalue weighted by molar-refractivity contribution is 0.0627. The largest absolute Gasteiger partial charge is 0.384 e. The van der Waals surface area contributed by atoms with E-state index in [9.17, 15) is 0 Å². The molecule has 0 aliphatic carbocycles. The molecule has 0 aromatic heterocycles. The van der Waals surface area contributed by atoms with Crippen molar-refractivity contribution in [3.63, 3.8) is 0 Å². The molecule has 3 nitrogen and oxygen atoms in total. The van der Waals surface area contributed by atoms with E-state index in [2.05, 4.69) is 0 Å². The predicted molar refractivity (Wildman–Crippen MR) is 71.1 cm³/mol. The topological polar surface area (TPSA) is 27.7 Å². The zero-order valence-electron chi connectivity index (χ0n) is 9.87. The first-order valence-corrected chi connectivity index (χ1v) is 10.8. The molecule has 2 rings (SSSR count). The van der Waals surface area contributed by atoms with Crippen molar-refractivity contribution < 1.29 is 14.2 Å². The predicted octanol–water partition coefficient (Wildman–Crippen LogP) is 2.71. The molecular weight excluding hydrogens is 303 g/mol. The minimum absolute atomic E-state index is 0.0271. The van der Waals surface area contributed by atoms with Crippen LogP contribution in [0.5, 0.6) is 0 Å². The minimum atomic E-state index is -2.71. The normalized spacial score (nSPS) is 41.1. The van der Waals surface area contributed by atoms with Crippen LogP contribution in [0.1, 0.15) is 6.42 Å².